The Hall–Kier alpha value is -3.08. The van der Waals surface area contributed by atoms with Gasteiger partial charge in [0.05, 0.1) is 11.9 Å². The van der Waals surface area contributed by atoms with E-state index in [1.807, 2.05) is 42.5 Å². The number of ether oxygens (including phenoxy) is 1. The molecule has 28 heavy (non-hydrogen) atoms. The van der Waals surface area contributed by atoms with Gasteiger partial charge in [-0.2, -0.15) is 9.78 Å². The average molecular weight is 409 g/mol. The van der Waals surface area contributed by atoms with Gasteiger partial charge in [0.1, 0.15) is 10.8 Å². The van der Waals surface area contributed by atoms with E-state index in [0.29, 0.717) is 16.5 Å². The van der Waals surface area contributed by atoms with Gasteiger partial charge in [0.2, 0.25) is 5.75 Å². The highest BCUT2D eigenvalue weighted by molar-refractivity contribution is 6.31. The SMILES string of the molecule is O=c1c(Oc2ccc(-c3ccccc3)cc2)c(Cl)cnn1-c1ccc(Cl)cc1. The fraction of sp³-hybridized carbons (Fsp3) is 0. The molecule has 4 rings (SSSR count). The lowest BCUT2D eigenvalue weighted by atomic mass is 10.1. The molecule has 0 atom stereocenters. The van der Waals surface area contributed by atoms with Crippen LogP contribution < -0.4 is 10.3 Å². The van der Waals surface area contributed by atoms with Crippen LogP contribution in [0.3, 0.4) is 0 Å². The standard InChI is InChI=1S/C22H14Cl2N2O2/c23-17-8-10-18(11-9-17)26-22(27)21(20(24)14-25-26)28-19-12-6-16(7-13-19)15-4-2-1-3-5-15/h1-14H. The maximum Gasteiger partial charge on any atom is 0.316 e. The van der Waals surface area contributed by atoms with Gasteiger partial charge in [-0.3, -0.25) is 4.79 Å². The minimum atomic E-state index is -0.457. The van der Waals surface area contributed by atoms with Crippen molar-refractivity contribution in [3.8, 4) is 28.3 Å². The van der Waals surface area contributed by atoms with Crippen molar-refractivity contribution in [3.05, 3.63) is 105 Å². The Kier molecular flexibility index (Phi) is 5.15. The smallest absolute Gasteiger partial charge is 0.316 e. The maximum atomic E-state index is 12.8. The van der Waals surface area contributed by atoms with Crippen molar-refractivity contribution in [1.82, 2.24) is 9.78 Å². The summed E-state index contributed by atoms with van der Waals surface area (Å²) in [4.78, 5) is 12.8. The molecule has 0 fully saturated rings. The van der Waals surface area contributed by atoms with Gasteiger partial charge in [-0.15, -0.1) is 0 Å². The van der Waals surface area contributed by atoms with Crippen LogP contribution in [0.1, 0.15) is 0 Å². The van der Waals surface area contributed by atoms with Crippen LogP contribution in [0.5, 0.6) is 11.5 Å². The van der Waals surface area contributed by atoms with E-state index in [9.17, 15) is 4.79 Å². The summed E-state index contributed by atoms with van der Waals surface area (Å²) in [5.41, 5.74) is 2.26. The van der Waals surface area contributed by atoms with E-state index >= 15 is 0 Å². The Labute approximate surface area is 171 Å². The normalized spacial score (nSPS) is 10.6. The summed E-state index contributed by atoms with van der Waals surface area (Å²) in [6.07, 6.45) is 1.38. The second kappa shape index (κ2) is 7.89. The van der Waals surface area contributed by atoms with Crippen molar-refractivity contribution in [3.63, 3.8) is 0 Å². The second-order valence-electron chi connectivity index (χ2n) is 6.01. The molecule has 0 amide bonds. The Morgan fingerprint density at radius 1 is 0.786 bits per heavy atom. The summed E-state index contributed by atoms with van der Waals surface area (Å²) in [6, 6.07) is 24.2. The highest BCUT2D eigenvalue weighted by Crippen LogP contribution is 2.28. The minimum Gasteiger partial charge on any atom is -0.450 e. The molecule has 3 aromatic carbocycles. The Morgan fingerprint density at radius 3 is 2.11 bits per heavy atom. The van der Waals surface area contributed by atoms with Crippen LogP contribution in [0.25, 0.3) is 16.8 Å². The van der Waals surface area contributed by atoms with Crippen LogP contribution in [0.4, 0.5) is 0 Å². The molecule has 0 aliphatic rings. The van der Waals surface area contributed by atoms with E-state index in [1.165, 1.54) is 10.9 Å². The topological polar surface area (TPSA) is 44.1 Å². The van der Waals surface area contributed by atoms with Crippen LogP contribution in [0.2, 0.25) is 10.0 Å². The zero-order chi connectivity index (χ0) is 19.5. The molecule has 0 saturated carbocycles. The van der Waals surface area contributed by atoms with Gasteiger partial charge in [0.15, 0.2) is 0 Å². The molecule has 6 heteroatoms. The predicted octanol–water partition coefficient (Wildman–Crippen LogP) is 6.00. The van der Waals surface area contributed by atoms with Gasteiger partial charge < -0.3 is 4.74 Å². The molecule has 4 nitrogen and oxygen atoms in total. The van der Waals surface area contributed by atoms with E-state index in [4.69, 9.17) is 27.9 Å². The van der Waals surface area contributed by atoms with Crippen LogP contribution >= 0.6 is 23.2 Å². The van der Waals surface area contributed by atoms with Crippen molar-refractivity contribution in [2.24, 2.45) is 0 Å². The molecule has 0 bridgehead atoms. The monoisotopic (exact) mass is 408 g/mol. The van der Waals surface area contributed by atoms with Crippen LogP contribution in [-0.4, -0.2) is 9.78 Å². The lowest BCUT2D eigenvalue weighted by Gasteiger charge is -2.10. The van der Waals surface area contributed by atoms with Crippen LogP contribution in [0.15, 0.2) is 89.9 Å². The van der Waals surface area contributed by atoms with E-state index in [0.717, 1.165) is 11.1 Å². The molecule has 4 aromatic rings. The number of hydrogen-bond donors (Lipinski definition) is 0. The third-order valence-electron chi connectivity index (χ3n) is 4.14. The van der Waals surface area contributed by atoms with Crippen LogP contribution in [-0.2, 0) is 0 Å². The van der Waals surface area contributed by atoms with Gasteiger partial charge in [-0.05, 0) is 47.5 Å². The van der Waals surface area contributed by atoms with E-state index in [2.05, 4.69) is 5.10 Å². The molecule has 0 radical (unpaired) electrons. The molecule has 1 aromatic heterocycles. The minimum absolute atomic E-state index is 0.0130. The molecule has 0 N–H and O–H groups in total. The lowest BCUT2D eigenvalue weighted by Crippen LogP contribution is -2.22. The highest BCUT2D eigenvalue weighted by Gasteiger charge is 2.14. The molecule has 0 unspecified atom stereocenters. The summed E-state index contributed by atoms with van der Waals surface area (Å²) < 4.78 is 7.00. The predicted molar refractivity (Wildman–Crippen MR) is 112 cm³/mol. The first-order valence-corrected chi connectivity index (χ1v) is 9.24. The number of rotatable bonds is 4. The molecule has 138 valence electrons. The molecule has 0 spiro atoms. The number of halogens is 2. The number of hydrogen-bond acceptors (Lipinski definition) is 3. The molecule has 0 aliphatic heterocycles. The molecular weight excluding hydrogens is 395 g/mol. The second-order valence-corrected chi connectivity index (χ2v) is 6.85. The van der Waals surface area contributed by atoms with Gasteiger partial charge in [0.25, 0.3) is 0 Å². The van der Waals surface area contributed by atoms with Gasteiger partial charge in [-0.25, -0.2) is 0 Å². The summed E-state index contributed by atoms with van der Waals surface area (Å²) in [6.45, 7) is 0. The van der Waals surface area contributed by atoms with Gasteiger partial charge in [-0.1, -0.05) is 65.7 Å². The lowest BCUT2D eigenvalue weighted by molar-refractivity contribution is 0.468. The first-order chi connectivity index (χ1) is 13.6. The molecule has 0 aliphatic carbocycles. The van der Waals surface area contributed by atoms with Crippen molar-refractivity contribution in [1.29, 1.82) is 0 Å². The Balaban J connectivity index is 1.65. The zero-order valence-corrected chi connectivity index (χ0v) is 16.1. The highest BCUT2D eigenvalue weighted by atomic mass is 35.5. The largest absolute Gasteiger partial charge is 0.450 e. The average Bonchev–Trinajstić information content (AvgIpc) is 2.73. The Morgan fingerprint density at radius 2 is 1.43 bits per heavy atom. The van der Waals surface area contributed by atoms with Gasteiger partial charge in [0, 0.05) is 5.02 Å². The summed E-state index contributed by atoms with van der Waals surface area (Å²) in [7, 11) is 0. The fourth-order valence-electron chi connectivity index (χ4n) is 2.74. The zero-order valence-electron chi connectivity index (χ0n) is 14.5. The first-order valence-electron chi connectivity index (χ1n) is 8.49. The molecule has 0 saturated heterocycles. The van der Waals surface area contributed by atoms with E-state index < -0.39 is 5.56 Å². The summed E-state index contributed by atoms with van der Waals surface area (Å²) in [5, 5.41) is 4.79. The van der Waals surface area contributed by atoms with Crippen molar-refractivity contribution >= 4 is 23.2 Å². The third kappa shape index (κ3) is 3.79. The first kappa shape index (κ1) is 18.3. The molecule has 1 heterocycles. The summed E-state index contributed by atoms with van der Waals surface area (Å²) >= 11 is 12.1. The van der Waals surface area contributed by atoms with Crippen LogP contribution in [0, 0.1) is 0 Å². The fourth-order valence-corrected chi connectivity index (χ4v) is 3.03. The molecular formula is C22H14Cl2N2O2. The number of aromatic nitrogens is 2. The summed E-state index contributed by atoms with van der Waals surface area (Å²) in [5.74, 6) is 0.520. The van der Waals surface area contributed by atoms with Crippen molar-refractivity contribution in [2.45, 2.75) is 0 Å². The quantitative estimate of drug-likeness (QED) is 0.415. The van der Waals surface area contributed by atoms with E-state index in [1.54, 1.807) is 36.4 Å². The van der Waals surface area contributed by atoms with Crippen molar-refractivity contribution < 1.29 is 4.74 Å². The van der Waals surface area contributed by atoms with Crippen molar-refractivity contribution in [2.75, 3.05) is 0 Å². The third-order valence-corrected chi connectivity index (χ3v) is 4.66. The number of nitrogens with zero attached hydrogens (tertiary/aromatic N) is 2. The maximum absolute atomic E-state index is 12.8. The van der Waals surface area contributed by atoms with Gasteiger partial charge >= 0.3 is 5.56 Å². The number of benzene rings is 3. The van der Waals surface area contributed by atoms with E-state index in [-0.39, 0.29) is 10.8 Å². The Bertz CT molecular complexity index is 1160.